The summed E-state index contributed by atoms with van der Waals surface area (Å²) in [6.07, 6.45) is 0.735. The molecule has 0 saturated carbocycles. The number of hydrogen-bond donors (Lipinski definition) is 3. The van der Waals surface area contributed by atoms with E-state index in [0.29, 0.717) is 10.7 Å². The van der Waals surface area contributed by atoms with Crippen LogP contribution in [0.2, 0.25) is 5.02 Å². The third kappa shape index (κ3) is 2.58. The van der Waals surface area contributed by atoms with E-state index in [-0.39, 0.29) is 24.5 Å². The number of nitrogens with one attached hydrogen (secondary N) is 2. The molecule has 0 bridgehead atoms. The Morgan fingerprint density at radius 3 is 2.92 bits per heavy atom. The molecule has 1 heterocycles. The van der Waals surface area contributed by atoms with Crippen molar-refractivity contribution in [3.05, 3.63) is 70.4 Å². The maximum atomic E-state index is 12.6. The fourth-order valence-electron chi connectivity index (χ4n) is 3.53. The van der Waals surface area contributed by atoms with Gasteiger partial charge in [0.15, 0.2) is 0 Å². The fraction of sp³-hybridized carbons (Fsp3) is 0.211. The number of aliphatic hydroxyl groups excluding tert-OH is 1. The minimum atomic E-state index is -0.168. The van der Waals surface area contributed by atoms with Crippen LogP contribution >= 0.6 is 11.6 Å². The zero-order valence-electron chi connectivity index (χ0n) is 12.9. The molecule has 2 atom stereocenters. The Kier molecular flexibility index (Phi) is 3.79. The van der Waals surface area contributed by atoms with Crippen LogP contribution in [0.3, 0.4) is 0 Å². The van der Waals surface area contributed by atoms with E-state index < -0.39 is 0 Å². The van der Waals surface area contributed by atoms with Gasteiger partial charge < -0.3 is 15.4 Å². The Morgan fingerprint density at radius 1 is 1.25 bits per heavy atom. The van der Waals surface area contributed by atoms with Crippen molar-refractivity contribution in [2.45, 2.75) is 18.4 Å². The highest BCUT2D eigenvalue weighted by Crippen LogP contribution is 2.33. The van der Waals surface area contributed by atoms with Gasteiger partial charge in [-0.15, -0.1) is 0 Å². The molecule has 1 amide bonds. The van der Waals surface area contributed by atoms with Crippen LogP contribution in [0.5, 0.6) is 0 Å². The van der Waals surface area contributed by atoms with Crippen LogP contribution in [-0.2, 0) is 6.42 Å². The van der Waals surface area contributed by atoms with E-state index in [1.807, 2.05) is 30.3 Å². The van der Waals surface area contributed by atoms with Crippen molar-refractivity contribution in [2.75, 3.05) is 6.61 Å². The van der Waals surface area contributed by atoms with Crippen molar-refractivity contribution in [3.63, 3.8) is 0 Å². The molecular formula is C19H17ClN2O2. The molecule has 1 aliphatic carbocycles. The summed E-state index contributed by atoms with van der Waals surface area (Å²) in [5.74, 6) is -0.234. The summed E-state index contributed by atoms with van der Waals surface area (Å²) in [5, 5.41) is 14.3. The third-order valence-corrected chi connectivity index (χ3v) is 4.96. The van der Waals surface area contributed by atoms with Crippen molar-refractivity contribution in [1.29, 1.82) is 0 Å². The molecule has 1 aromatic heterocycles. The molecule has 0 radical (unpaired) electrons. The number of aromatic amines is 1. The van der Waals surface area contributed by atoms with Crippen LogP contribution < -0.4 is 5.32 Å². The van der Waals surface area contributed by atoms with Gasteiger partial charge in [0.05, 0.1) is 6.61 Å². The minimum absolute atomic E-state index is 0.0181. The van der Waals surface area contributed by atoms with E-state index in [4.69, 9.17) is 11.6 Å². The number of rotatable bonds is 3. The number of amides is 1. The number of halogens is 1. The summed E-state index contributed by atoms with van der Waals surface area (Å²) in [5.41, 5.74) is 3.68. The molecule has 5 heteroatoms. The average molecular weight is 341 g/mol. The maximum Gasteiger partial charge on any atom is 0.267 e. The SMILES string of the molecule is O=C(N[C@@H]1Cc2ccccc2[C@H]1CO)c1cc2cc(Cl)ccc2[nH]1. The molecule has 0 saturated heterocycles. The second kappa shape index (κ2) is 5.96. The van der Waals surface area contributed by atoms with Crippen molar-refractivity contribution in [3.8, 4) is 0 Å². The van der Waals surface area contributed by atoms with Gasteiger partial charge in [-0.25, -0.2) is 0 Å². The Balaban J connectivity index is 1.57. The predicted octanol–water partition coefficient (Wildman–Crippen LogP) is 3.25. The maximum absolute atomic E-state index is 12.6. The number of benzene rings is 2. The standard InChI is InChI=1S/C19H17ClN2O2/c20-13-5-6-16-12(7-13)9-18(21-16)19(24)22-17-8-11-3-1-2-4-14(11)15(17)10-23/h1-7,9,15,17,21,23H,8,10H2,(H,22,24)/t15-,17-/m1/s1. The molecule has 1 aliphatic rings. The van der Waals surface area contributed by atoms with Gasteiger partial charge in [0.1, 0.15) is 5.69 Å². The second-order valence-corrected chi connectivity index (χ2v) is 6.62. The zero-order valence-corrected chi connectivity index (χ0v) is 13.7. The highest BCUT2D eigenvalue weighted by Gasteiger charge is 2.33. The molecule has 0 unspecified atom stereocenters. The first kappa shape index (κ1) is 15.2. The Hall–Kier alpha value is -2.30. The van der Waals surface area contributed by atoms with E-state index in [1.54, 1.807) is 12.1 Å². The number of carbonyl (C=O) groups excluding carboxylic acids is 1. The topological polar surface area (TPSA) is 65.1 Å². The fourth-order valence-corrected chi connectivity index (χ4v) is 3.71. The predicted molar refractivity (Wildman–Crippen MR) is 94.5 cm³/mol. The number of hydrogen-bond acceptors (Lipinski definition) is 2. The van der Waals surface area contributed by atoms with E-state index in [9.17, 15) is 9.90 Å². The van der Waals surface area contributed by atoms with E-state index in [0.717, 1.165) is 22.9 Å². The van der Waals surface area contributed by atoms with Crippen LogP contribution in [0, 0.1) is 0 Å². The Labute approximate surface area is 144 Å². The van der Waals surface area contributed by atoms with Crippen molar-refractivity contribution < 1.29 is 9.90 Å². The van der Waals surface area contributed by atoms with Crippen LogP contribution in [0.1, 0.15) is 27.5 Å². The highest BCUT2D eigenvalue weighted by molar-refractivity contribution is 6.31. The normalized spacial score (nSPS) is 19.4. The number of H-pyrrole nitrogens is 1. The van der Waals surface area contributed by atoms with Crippen molar-refractivity contribution in [1.82, 2.24) is 10.3 Å². The van der Waals surface area contributed by atoms with Gasteiger partial charge in [0.25, 0.3) is 5.91 Å². The van der Waals surface area contributed by atoms with Crippen molar-refractivity contribution in [2.24, 2.45) is 0 Å². The molecule has 3 N–H and O–H groups in total. The van der Waals surface area contributed by atoms with Crippen LogP contribution in [0.15, 0.2) is 48.5 Å². The first-order valence-electron chi connectivity index (χ1n) is 7.93. The van der Waals surface area contributed by atoms with E-state index in [2.05, 4.69) is 16.4 Å². The molecule has 4 nitrogen and oxygen atoms in total. The smallest absolute Gasteiger partial charge is 0.267 e. The first-order valence-corrected chi connectivity index (χ1v) is 8.31. The quantitative estimate of drug-likeness (QED) is 0.685. The largest absolute Gasteiger partial charge is 0.396 e. The van der Waals surface area contributed by atoms with Gasteiger partial charge in [-0.2, -0.15) is 0 Å². The number of fused-ring (bicyclic) bond motifs is 2. The van der Waals surface area contributed by atoms with Crippen LogP contribution in [-0.4, -0.2) is 28.6 Å². The van der Waals surface area contributed by atoms with Gasteiger partial charge in [-0.1, -0.05) is 35.9 Å². The third-order valence-electron chi connectivity index (χ3n) is 4.72. The summed E-state index contributed by atoms with van der Waals surface area (Å²) in [6, 6.07) is 15.2. The molecule has 24 heavy (non-hydrogen) atoms. The van der Waals surface area contributed by atoms with Gasteiger partial charge in [0.2, 0.25) is 0 Å². The lowest BCUT2D eigenvalue weighted by Crippen LogP contribution is -2.39. The van der Waals surface area contributed by atoms with Gasteiger partial charge >= 0.3 is 0 Å². The molecular weight excluding hydrogens is 324 g/mol. The molecule has 0 spiro atoms. The number of aliphatic hydroxyl groups is 1. The molecule has 0 aliphatic heterocycles. The van der Waals surface area contributed by atoms with E-state index in [1.165, 1.54) is 5.56 Å². The van der Waals surface area contributed by atoms with Gasteiger partial charge in [-0.3, -0.25) is 4.79 Å². The molecule has 3 aromatic rings. The number of carbonyl (C=O) groups is 1. The molecule has 4 rings (SSSR count). The summed E-state index contributed by atoms with van der Waals surface area (Å²) in [6.45, 7) is 0.0181. The summed E-state index contributed by atoms with van der Waals surface area (Å²) in [7, 11) is 0. The first-order chi connectivity index (χ1) is 11.7. The van der Waals surface area contributed by atoms with Gasteiger partial charge in [0, 0.05) is 27.9 Å². The molecule has 122 valence electrons. The second-order valence-electron chi connectivity index (χ2n) is 6.19. The summed E-state index contributed by atoms with van der Waals surface area (Å²) >= 11 is 5.99. The van der Waals surface area contributed by atoms with Crippen LogP contribution in [0.25, 0.3) is 10.9 Å². The van der Waals surface area contributed by atoms with Crippen molar-refractivity contribution >= 4 is 28.4 Å². The monoisotopic (exact) mass is 340 g/mol. The summed E-state index contributed by atoms with van der Waals surface area (Å²) < 4.78 is 0. The van der Waals surface area contributed by atoms with E-state index >= 15 is 0 Å². The Bertz CT molecular complexity index is 919. The Morgan fingerprint density at radius 2 is 2.08 bits per heavy atom. The average Bonchev–Trinajstić information content (AvgIpc) is 3.14. The lowest BCUT2D eigenvalue weighted by Gasteiger charge is -2.19. The summed E-state index contributed by atoms with van der Waals surface area (Å²) in [4.78, 5) is 15.7. The van der Waals surface area contributed by atoms with Crippen LogP contribution in [0.4, 0.5) is 0 Å². The molecule has 0 fully saturated rings. The van der Waals surface area contributed by atoms with Gasteiger partial charge in [-0.05, 0) is 41.8 Å². The lowest BCUT2D eigenvalue weighted by molar-refractivity contribution is 0.0922. The minimum Gasteiger partial charge on any atom is -0.396 e. The number of aromatic nitrogens is 1. The molecule has 2 aromatic carbocycles. The lowest BCUT2D eigenvalue weighted by atomic mass is 9.99. The zero-order chi connectivity index (χ0) is 16.7. The highest BCUT2D eigenvalue weighted by atomic mass is 35.5.